The number of ether oxygens (including phenoxy) is 1. The smallest absolute Gasteiger partial charge is 0.335 e. The molecule has 1 aromatic heterocycles. The number of carbonyl (C=O) groups is 1. The Balaban J connectivity index is 1.62. The van der Waals surface area contributed by atoms with E-state index in [2.05, 4.69) is 4.98 Å². The minimum Gasteiger partial charge on any atom is -0.491 e. The summed E-state index contributed by atoms with van der Waals surface area (Å²) in [6.07, 6.45) is 8.60. The van der Waals surface area contributed by atoms with Gasteiger partial charge in [-0.1, -0.05) is 32.1 Å². The average Bonchev–Trinajstić information content (AvgIpc) is 3.18. The van der Waals surface area contributed by atoms with Crippen LogP contribution in [0, 0.1) is 11.7 Å². The van der Waals surface area contributed by atoms with Crippen LogP contribution in [0.2, 0.25) is 0 Å². The molecule has 0 saturated heterocycles. The molecule has 170 valence electrons. The number of carboxylic acids is 1. The highest BCUT2D eigenvalue weighted by molar-refractivity contribution is 7.81. The van der Waals surface area contributed by atoms with E-state index in [0.29, 0.717) is 34.9 Å². The summed E-state index contributed by atoms with van der Waals surface area (Å²) in [4.78, 5) is 14.1. The molecular weight excluding hydrogens is 435 g/mol. The normalized spacial score (nSPS) is 15.6. The van der Waals surface area contributed by atoms with Crippen molar-refractivity contribution in [3.8, 4) is 5.75 Å². The van der Waals surface area contributed by atoms with Gasteiger partial charge in [-0.25, -0.2) is 17.7 Å². The molecule has 4 rings (SSSR count). The van der Waals surface area contributed by atoms with Crippen LogP contribution in [0.15, 0.2) is 42.6 Å². The maximum Gasteiger partial charge on any atom is 0.335 e. The lowest BCUT2D eigenvalue weighted by Crippen LogP contribution is -2.19. The Morgan fingerprint density at radius 2 is 1.91 bits per heavy atom. The Kier molecular flexibility index (Phi) is 6.76. The minimum absolute atomic E-state index is 0.0519. The Morgan fingerprint density at radius 1 is 1.19 bits per heavy atom. The van der Waals surface area contributed by atoms with Crippen LogP contribution in [0.1, 0.15) is 48.9 Å². The van der Waals surface area contributed by atoms with Crippen LogP contribution < -0.4 is 9.04 Å². The van der Waals surface area contributed by atoms with Gasteiger partial charge in [0, 0.05) is 17.6 Å². The number of aromatic carboxylic acids is 1. The van der Waals surface area contributed by atoms with E-state index < -0.39 is 23.1 Å². The number of hydrogen-bond donors (Lipinski definition) is 3. The van der Waals surface area contributed by atoms with Gasteiger partial charge in [-0.05, 0) is 42.7 Å². The van der Waals surface area contributed by atoms with Gasteiger partial charge in [0.05, 0.1) is 29.1 Å². The minimum atomic E-state index is -2.48. The molecule has 0 aliphatic heterocycles. The van der Waals surface area contributed by atoms with Crippen molar-refractivity contribution >= 4 is 39.5 Å². The van der Waals surface area contributed by atoms with Crippen LogP contribution in [0.4, 0.5) is 15.8 Å². The zero-order valence-corrected chi connectivity index (χ0v) is 18.2. The third-order valence-corrected chi connectivity index (χ3v) is 6.65. The summed E-state index contributed by atoms with van der Waals surface area (Å²) in [5, 5.41) is 9.47. The summed E-state index contributed by atoms with van der Waals surface area (Å²) in [5.74, 6) is -0.631. The van der Waals surface area contributed by atoms with Crippen molar-refractivity contribution in [1.82, 2.24) is 4.98 Å². The lowest BCUT2D eigenvalue weighted by Gasteiger charge is -2.21. The third kappa shape index (κ3) is 4.78. The van der Waals surface area contributed by atoms with Crippen LogP contribution in [0.25, 0.3) is 10.9 Å². The molecule has 1 unspecified atom stereocenters. The van der Waals surface area contributed by atoms with Crippen LogP contribution in [0.3, 0.4) is 0 Å². The van der Waals surface area contributed by atoms with Crippen molar-refractivity contribution in [1.29, 1.82) is 0 Å². The van der Waals surface area contributed by atoms with Gasteiger partial charge in [0.15, 0.2) is 0 Å². The Labute approximate surface area is 187 Å². The van der Waals surface area contributed by atoms with E-state index in [9.17, 15) is 17.9 Å². The van der Waals surface area contributed by atoms with Gasteiger partial charge < -0.3 is 14.8 Å². The van der Waals surface area contributed by atoms with Crippen LogP contribution in [0.5, 0.6) is 5.75 Å². The highest BCUT2D eigenvalue weighted by atomic mass is 32.2. The highest BCUT2D eigenvalue weighted by Gasteiger charge is 2.22. The first-order chi connectivity index (χ1) is 15.4. The van der Waals surface area contributed by atoms with Gasteiger partial charge in [0.25, 0.3) is 11.3 Å². The van der Waals surface area contributed by atoms with Crippen LogP contribution in [-0.2, 0) is 11.3 Å². The van der Waals surface area contributed by atoms with Crippen molar-refractivity contribution in [2.75, 3.05) is 10.9 Å². The van der Waals surface area contributed by atoms with Crippen molar-refractivity contribution < 1.29 is 27.8 Å². The van der Waals surface area contributed by atoms with Crippen molar-refractivity contribution in [3.63, 3.8) is 0 Å². The molecule has 9 heteroatoms. The summed E-state index contributed by atoms with van der Waals surface area (Å²) in [6.45, 7) is 0.476. The molecular formula is C23H25FN2O5S. The molecule has 1 fully saturated rings. The number of halogens is 1. The first-order valence-corrected chi connectivity index (χ1v) is 11.7. The number of nitrogens with one attached hydrogen (secondary N) is 1. The third-order valence-electron chi connectivity index (χ3n) is 5.93. The lowest BCUT2D eigenvalue weighted by atomic mass is 9.87. The first-order valence-electron chi connectivity index (χ1n) is 10.6. The predicted octanol–water partition coefficient (Wildman–Crippen LogP) is 5.63. The molecule has 1 saturated carbocycles. The second-order valence-corrected chi connectivity index (χ2v) is 8.85. The molecule has 2 aromatic carbocycles. The van der Waals surface area contributed by atoms with Crippen LogP contribution >= 0.6 is 0 Å². The van der Waals surface area contributed by atoms with Gasteiger partial charge >= 0.3 is 5.97 Å². The van der Waals surface area contributed by atoms with Crippen molar-refractivity contribution in [2.45, 2.75) is 38.5 Å². The number of aromatic nitrogens is 1. The number of carboxylic acid groups (broad SMARTS) is 1. The molecule has 1 aliphatic carbocycles. The van der Waals surface area contributed by atoms with E-state index in [-0.39, 0.29) is 11.3 Å². The molecule has 1 atom stereocenters. The number of aromatic amines is 1. The molecule has 3 aromatic rings. The SMILES string of the molecule is O=C(O)c1ccc(N(c2c[nH]c3c(OCCC4CCCCC4)cc(F)cc23)S(=O)O)cc1. The van der Waals surface area contributed by atoms with E-state index >= 15 is 0 Å². The zero-order chi connectivity index (χ0) is 22.7. The van der Waals surface area contributed by atoms with Gasteiger partial charge in [0.2, 0.25) is 0 Å². The topological polar surface area (TPSA) is 103 Å². The molecule has 0 amide bonds. The molecule has 3 N–H and O–H groups in total. The number of anilines is 2. The molecule has 0 radical (unpaired) electrons. The molecule has 32 heavy (non-hydrogen) atoms. The summed E-state index contributed by atoms with van der Waals surface area (Å²) in [7, 11) is 0. The van der Waals surface area contributed by atoms with Gasteiger partial charge in [-0.3, -0.25) is 4.55 Å². The Morgan fingerprint density at radius 3 is 2.56 bits per heavy atom. The van der Waals surface area contributed by atoms with E-state index in [1.54, 1.807) is 0 Å². The van der Waals surface area contributed by atoms with Gasteiger partial charge in [-0.15, -0.1) is 0 Å². The molecule has 0 bridgehead atoms. The number of hydrogen-bond acceptors (Lipinski definition) is 3. The summed E-state index contributed by atoms with van der Waals surface area (Å²) < 4.78 is 43.5. The second-order valence-electron chi connectivity index (χ2n) is 8.02. The van der Waals surface area contributed by atoms with E-state index in [1.165, 1.54) is 74.7 Å². The van der Waals surface area contributed by atoms with Gasteiger partial charge in [0.1, 0.15) is 11.6 Å². The second kappa shape index (κ2) is 9.70. The highest BCUT2D eigenvalue weighted by Crippen LogP contribution is 2.38. The fourth-order valence-electron chi connectivity index (χ4n) is 4.30. The fourth-order valence-corrected chi connectivity index (χ4v) is 4.92. The molecule has 0 spiro atoms. The van der Waals surface area contributed by atoms with E-state index in [1.807, 2.05) is 0 Å². The van der Waals surface area contributed by atoms with E-state index in [0.717, 1.165) is 10.7 Å². The van der Waals surface area contributed by atoms with Crippen molar-refractivity contribution in [2.24, 2.45) is 5.92 Å². The number of benzene rings is 2. The zero-order valence-electron chi connectivity index (χ0n) is 17.4. The fraction of sp³-hybridized carbons (Fsp3) is 0.348. The van der Waals surface area contributed by atoms with Gasteiger partial charge in [-0.2, -0.15) is 0 Å². The molecule has 1 heterocycles. The number of H-pyrrole nitrogens is 1. The standard InChI is InChI=1S/C23H25FN2O5S/c24-17-12-19-20(26(32(29)30)18-8-6-16(7-9-18)23(27)28)14-25-22(19)21(13-17)31-11-10-15-4-2-1-3-5-15/h6-9,12-15,25H,1-5,10-11H2,(H,27,28)(H,29,30). The Bertz CT molecular complexity index is 1130. The quantitative estimate of drug-likeness (QED) is 0.378. The summed E-state index contributed by atoms with van der Waals surface area (Å²) >= 11 is -2.48. The number of nitrogens with zero attached hydrogens (tertiary/aromatic N) is 1. The van der Waals surface area contributed by atoms with Crippen LogP contribution in [-0.4, -0.2) is 31.4 Å². The number of rotatable bonds is 8. The maximum absolute atomic E-state index is 14.4. The summed E-state index contributed by atoms with van der Waals surface area (Å²) in [5.41, 5.74) is 1.15. The first kappa shape index (κ1) is 22.3. The molecule has 7 nitrogen and oxygen atoms in total. The maximum atomic E-state index is 14.4. The largest absolute Gasteiger partial charge is 0.491 e. The Hall–Kier alpha value is -2.91. The number of fused-ring (bicyclic) bond motifs is 1. The molecule has 1 aliphatic rings. The monoisotopic (exact) mass is 460 g/mol. The van der Waals surface area contributed by atoms with Crippen molar-refractivity contribution in [3.05, 3.63) is 54.0 Å². The summed E-state index contributed by atoms with van der Waals surface area (Å²) in [6, 6.07) is 8.13. The predicted molar refractivity (Wildman–Crippen MR) is 121 cm³/mol. The average molecular weight is 461 g/mol. The lowest BCUT2D eigenvalue weighted by molar-refractivity contribution is 0.0697. The van der Waals surface area contributed by atoms with E-state index in [4.69, 9.17) is 9.84 Å².